The van der Waals surface area contributed by atoms with Gasteiger partial charge in [0.1, 0.15) is 0 Å². The molecule has 0 aliphatic heterocycles. The van der Waals surface area contributed by atoms with Crippen molar-refractivity contribution in [3.8, 4) is 0 Å². The summed E-state index contributed by atoms with van der Waals surface area (Å²) in [6.45, 7) is 1.16. The Labute approximate surface area is 113 Å². The third kappa shape index (κ3) is 4.31. The molecule has 1 atom stereocenters. The number of nitrogens with one attached hydrogen (secondary N) is 1. The SMILES string of the molecule is CCC(CO)(CO)NC(=O)[C@@H](N)Cc1ccccc1. The van der Waals surface area contributed by atoms with Gasteiger partial charge in [0.15, 0.2) is 0 Å². The molecule has 1 aromatic rings. The van der Waals surface area contributed by atoms with Crippen molar-refractivity contribution in [1.29, 1.82) is 0 Å². The molecule has 1 rings (SSSR count). The molecule has 0 fully saturated rings. The van der Waals surface area contributed by atoms with E-state index >= 15 is 0 Å². The van der Waals surface area contributed by atoms with Crippen molar-refractivity contribution in [2.45, 2.75) is 31.3 Å². The molecule has 19 heavy (non-hydrogen) atoms. The van der Waals surface area contributed by atoms with Crippen LogP contribution < -0.4 is 11.1 Å². The minimum Gasteiger partial charge on any atom is -0.394 e. The Hall–Kier alpha value is -1.43. The van der Waals surface area contributed by atoms with Crippen LogP contribution in [0.4, 0.5) is 0 Å². The quantitative estimate of drug-likeness (QED) is 0.550. The summed E-state index contributed by atoms with van der Waals surface area (Å²) in [7, 11) is 0. The van der Waals surface area contributed by atoms with Gasteiger partial charge < -0.3 is 21.3 Å². The molecular weight excluding hydrogens is 244 g/mol. The molecular formula is C14H22N2O3. The number of hydrogen-bond acceptors (Lipinski definition) is 4. The number of carbonyl (C=O) groups is 1. The lowest BCUT2D eigenvalue weighted by molar-refractivity contribution is -0.125. The Bertz CT molecular complexity index is 383. The molecule has 0 bridgehead atoms. The largest absolute Gasteiger partial charge is 0.394 e. The molecule has 0 heterocycles. The topological polar surface area (TPSA) is 95.6 Å². The van der Waals surface area contributed by atoms with Crippen molar-refractivity contribution >= 4 is 5.91 Å². The highest BCUT2D eigenvalue weighted by Gasteiger charge is 2.30. The predicted molar refractivity (Wildman–Crippen MR) is 73.5 cm³/mol. The number of aliphatic hydroxyl groups excluding tert-OH is 2. The van der Waals surface area contributed by atoms with Crippen LogP contribution in [0.15, 0.2) is 30.3 Å². The van der Waals surface area contributed by atoms with Crippen LogP contribution in [0, 0.1) is 0 Å². The van der Waals surface area contributed by atoms with E-state index < -0.39 is 11.6 Å². The summed E-state index contributed by atoms with van der Waals surface area (Å²) in [4.78, 5) is 12.0. The fourth-order valence-electron chi connectivity index (χ4n) is 1.76. The molecule has 5 N–H and O–H groups in total. The standard InChI is InChI=1S/C14H22N2O3/c1-2-14(9-17,10-18)16-13(19)12(15)8-11-6-4-3-5-7-11/h3-7,12,17-18H,2,8-10,15H2,1H3,(H,16,19)/t12-/m0/s1. The average Bonchev–Trinajstić information content (AvgIpc) is 2.45. The maximum atomic E-state index is 12.0. The average molecular weight is 266 g/mol. The first-order valence-electron chi connectivity index (χ1n) is 6.40. The number of nitrogens with two attached hydrogens (primary N) is 1. The number of hydrogen-bond donors (Lipinski definition) is 4. The zero-order chi connectivity index (χ0) is 14.3. The zero-order valence-electron chi connectivity index (χ0n) is 11.2. The minimum atomic E-state index is -0.995. The third-order valence-electron chi connectivity index (χ3n) is 3.31. The first kappa shape index (κ1) is 15.6. The van der Waals surface area contributed by atoms with E-state index in [0.29, 0.717) is 12.8 Å². The van der Waals surface area contributed by atoms with E-state index in [0.717, 1.165) is 5.56 Å². The van der Waals surface area contributed by atoms with E-state index in [2.05, 4.69) is 5.32 Å². The van der Waals surface area contributed by atoms with Crippen molar-refractivity contribution in [2.24, 2.45) is 5.73 Å². The molecule has 5 nitrogen and oxygen atoms in total. The first-order chi connectivity index (χ1) is 9.06. The minimum absolute atomic E-state index is 0.316. The van der Waals surface area contributed by atoms with Crippen molar-refractivity contribution in [2.75, 3.05) is 13.2 Å². The molecule has 0 saturated heterocycles. The highest BCUT2D eigenvalue weighted by atomic mass is 16.3. The van der Waals surface area contributed by atoms with Crippen molar-refractivity contribution in [1.82, 2.24) is 5.32 Å². The molecule has 0 radical (unpaired) electrons. The molecule has 1 amide bonds. The van der Waals surface area contributed by atoms with Gasteiger partial charge in [-0.15, -0.1) is 0 Å². The Morgan fingerprint density at radius 3 is 2.37 bits per heavy atom. The van der Waals surface area contributed by atoms with Gasteiger partial charge in [0, 0.05) is 0 Å². The molecule has 5 heteroatoms. The van der Waals surface area contributed by atoms with Crippen LogP contribution >= 0.6 is 0 Å². The molecule has 0 spiro atoms. The smallest absolute Gasteiger partial charge is 0.237 e. The number of benzene rings is 1. The fourth-order valence-corrected chi connectivity index (χ4v) is 1.76. The third-order valence-corrected chi connectivity index (χ3v) is 3.31. The normalized spacial score (nSPS) is 13.1. The molecule has 0 aliphatic rings. The van der Waals surface area contributed by atoms with Crippen LogP contribution in [0.1, 0.15) is 18.9 Å². The Morgan fingerprint density at radius 1 is 1.32 bits per heavy atom. The van der Waals surface area contributed by atoms with Gasteiger partial charge in [-0.25, -0.2) is 0 Å². The second-order valence-corrected chi connectivity index (χ2v) is 4.74. The molecule has 0 unspecified atom stereocenters. The second-order valence-electron chi connectivity index (χ2n) is 4.74. The van der Waals surface area contributed by atoms with Gasteiger partial charge >= 0.3 is 0 Å². The lowest BCUT2D eigenvalue weighted by Crippen LogP contribution is -2.58. The molecule has 106 valence electrons. The van der Waals surface area contributed by atoms with Crippen molar-refractivity contribution < 1.29 is 15.0 Å². The summed E-state index contributed by atoms with van der Waals surface area (Å²) in [6, 6.07) is 8.77. The van der Waals surface area contributed by atoms with Crippen LogP contribution in [0.2, 0.25) is 0 Å². The van der Waals surface area contributed by atoms with Crippen LogP contribution in [0.3, 0.4) is 0 Å². The van der Waals surface area contributed by atoms with E-state index in [4.69, 9.17) is 5.73 Å². The van der Waals surface area contributed by atoms with Crippen LogP contribution in [-0.2, 0) is 11.2 Å². The number of carbonyl (C=O) groups excluding carboxylic acids is 1. The summed E-state index contributed by atoms with van der Waals surface area (Å²) in [5, 5.41) is 21.2. The van der Waals surface area contributed by atoms with E-state index in [1.165, 1.54) is 0 Å². The summed E-state index contributed by atoms with van der Waals surface area (Å²) in [6.07, 6.45) is 0.854. The van der Waals surface area contributed by atoms with Crippen LogP contribution in [0.5, 0.6) is 0 Å². The summed E-state index contributed by atoms with van der Waals surface area (Å²) >= 11 is 0. The predicted octanol–water partition coefficient (Wildman–Crippen LogP) is -0.194. The van der Waals surface area contributed by atoms with Crippen LogP contribution in [-0.4, -0.2) is 40.9 Å². The summed E-state index contributed by atoms with van der Waals surface area (Å²) in [5.74, 6) is -0.367. The van der Waals surface area contributed by atoms with Crippen molar-refractivity contribution in [3.63, 3.8) is 0 Å². The lowest BCUT2D eigenvalue weighted by Gasteiger charge is -2.31. The summed E-state index contributed by atoms with van der Waals surface area (Å²) < 4.78 is 0. The molecule has 1 aromatic carbocycles. The summed E-state index contributed by atoms with van der Waals surface area (Å²) in [5.41, 5.74) is 5.82. The maximum absolute atomic E-state index is 12.0. The van der Waals surface area contributed by atoms with Gasteiger partial charge in [-0.1, -0.05) is 37.3 Å². The Kier molecular flexibility index (Phi) is 5.95. The van der Waals surface area contributed by atoms with Crippen LogP contribution in [0.25, 0.3) is 0 Å². The van der Waals surface area contributed by atoms with E-state index in [1.54, 1.807) is 6.92 Å². The van der Waals surface area contributed by atoms with Gasteiger partial charge in [0.2, 0.25) is 5.91 Å². The number of amides is 1. The lowest BCUT2D eigenvalue weighted by atomic mass is 9.97. The molecule has 0 aromatic heterocycles. The van der Waals surface area contributed by atoms with E-state index in [-0.39, 0.29) is 19.1 Å². The van der Waals surface area contributed by atoms with Gasteiger partial charge in [-0.3, -0.25) is 4.79 Å². The Morgan fingerprint density at radius 2 is 1.89 bits per heavy atom. The van der Waals surface area contributed by atoms with E-state index in [1.807, 2.05) is 30.3 Å². The van der Waals surface area contributed by atoms with Gasteiger partial charge in [0.05, 0.1) is 24.8 Å². The monoisotopic (exact) mass is 266 g/mol. The maximum Gasteiger partial charge on any atom is 0.237 e. The number of aliphatic hydroxyl groups is 2. The number of rotatable bonds is 7. The highest BCUT2D eigenvalue weighted by molar-refractivity contribution is 5.82. The van der Waals surface area contributed by atoms with Gasteiger partial charge in [-0.2, -0.15) is 0 Å². The van der Waals surface area contributed by atoms with Gasteiger partial charge in [0.25, 0.3) is 0 Å². The Balaban J connectivity index is 2.62. The zero-order valence-corrected chi connectivity index (χ0v) is 11.2. The molecule has 0 saturated carbocycles. The first-order valence-corrected chi connectivity index (χ1v) is 6.40. The van der Waals surface area contributed by atoms with Gasteiger partial charge in [-0.05, 0) is 18.4 Å². The fraction of sp³-hybridized carbons (Fsp3) is 0.500. The van der Waals surface area contributed by atoms with E-state index in [9.17, 15) is 15.0 Å². The molecule has 0 aliphatic carbocycles. The highest BCUT2D eigenvalue weighted by Crippen LogP contribution is 2.09. The second kappa shape index (κ2) is 7.23. The van der Waals surface area contributed by atoms with Crippen molar-refractivity contribution in [3.05, 3.63) is 35.9 Å².